The Kier molecular flexibility index (Phi) is 6.65. The molecule has 1 aromatic carbocycles. The number of nitrogens with zero attached hydrogens (tertiary/aromatic N) is 4. The molecule has 9 heteroatoms. The Morgan fingerprint density at radius 2 is 1.93 bits per heavy atom. The molecule has 2 aromatic heterocycles. The molecule has 6 nitrogen and oxygen atoms in total. The lowest BCUT2D eigenvalue weighted by Gasteiger charge is -2.12. The largest absolute Gasteiger partial charge is 0.459 e. The van der Waals surface area contributed by atoms with Crippen LogP contribution >= 0.6 is 34.4 Å². The standard InChI is InChI=1S/C19H18FIN4O2S/c1-19(20,21)12-27-18-22-9-14(10-23-18)15-7-8-17(26)25(24-15)11-13-5-3-4-6-16(13)28-2/h3-10H,11-12H2,1-2H3. The first-order valence-electron chi connectivity index (χ1n) is 8.39. The molecule has 0 saturated carbocycles. The first kappa shape index (κ1) is 20.7. The van der Waals surface area contributed by atoms with Crippen molar-refractivity contribution in [3.63, 3.8) is 0 Å². The van der Waals surface area contributed by atoms with Crippen molar-refractivity contribution in [3.8, 4) is 17.3 Å². The van der Waals surface area contributed by atoms with Crippen LogP contribution in [0.5, 0.6) is 6.01 Å². The molecule has 3 rings (SSSR count). The second kappa shape index (κ2) is 8.99. The summed E-state index contributed by atoms with van der Waals surface area (Å²) >= 11 is 3.27. The van der Waals surface area contributed by atoms with Gasteiger partial charge in [-0.1, -0.05) is 18.2 Å². The number of aromatic nitrogens is 4. The summed E-state index contributed by atoms with van der Waals surface area (Å²) in [4.78, 5) is 21.5. The number of halogens is 2. The summed E-state index contributed by atoms with van der Waals surface area (Å²) in [6.45, 7) is 1.63. The van der Waals surface area contributed by atoms with Gasteiger partial charge in [0.15, 0.2) is 3.68 Å². The van der Waals surface area contributed by atoms with E-state index >= 15 is 0 Å². The number of alkyl halides is 2. The minimum Gasteiger partial charge on any atom is -0.459 e. The van der Waals surface area contributed by atoms with Crippen LogP contribution in [0.4, 0.5) is 4.39 Å². The summed E-state index contributed by atoms with van der Waals surface area (Å²) in [5, 5.41) is 4.44. The Balaban J connectivity index is 1.82. The maximum Gasteiger partial charge on any atom is 0.316 e. The van der Waals surface area contributed by atoms with Crippen LogP contribution in [0.15, 0.2) is 58.5 Å². The van der Waals surface area contributed by atoms with E-state index in [-0.39, 0.29) is 18.2 Å². The first-order valence-corrected chi connectivity index (χ1v) is 10.7. The van der Waals surface area contributed by atoms with Crippen LogP contribution in [0.1, 0.15) is 12.5 Å². The molecule has 0 spiro atoms. The van der Waals surface area contributed by atoms with Gasteiger partial charge in [0.05, 0.1) is 12.2 Å². The molecule has 0 amide bonds. The number of thioether (sulfide) groups is 1. The third kappa shape index (κ3) is 5.51. The van der Waals surface area contributed by atoms with Gasteiger partial charge in [0.2, 0.25) is 0 Å². The molecule has 0 radical (unpaired) electrons. The second-order valence-electron chi connectivity index (χ2n) is 6.14. The molecule has 0 saturated heterocycles. The van der Waals surface area contributed by atoms with Crippen molar-refractivity contribution in [3.05, 3.63) is 64.7 Å². The Morgan fingerprint density at radius 1 is 1.21 bits per heavy atom. The highest BCUT2D eigenvalue weighted by molar-refractivity contribution is 14.1. The Labute approximate surface area is 179 Å². The monoisotopic (exact) mass is 512 g/mol. The smallest absolute Gasteiger partial charge is 0.316 e. The molecular weight excluding hydrogens is 494 g/mol. The summed E-state index contributed by atoms with van der Waals surface area (Å²) < 4.78 is 18.6. The predicted octanol–water partition coefficient (Wildman–Crippen LogP) is 3.97. The number of rotatable bonds is 7. The highest BCUT2D eigenvalue weighted by Crippen LogP contribution is 2.22. The molecule has 0 fully saturated rings. The van der Waals surface area contributed by atoms with Gasteiger partial charge in [0, 0.05) is 28.9 Å². The van der Waals surface area contributed by atoms with E-state index in [9.17, 15) is 9.18 Å². The Hall–Kier alpha value is -2.01. The second-order valence-corrected chi connectivity index (χ2v) is 9.24. The lowest BCUT2D eigenvalue weighted by molar-refractivity contribution is 0.185. The van der Waals surface area contributed by atoms with Crippen LogP contribution in [-0.2, 0) is 6.54 Å². The van der Waals surface area contributed by atoms with Gasteiger partial charge < -0.3 is 4.74 Å². The van der Waals surface area contributed by atoms with Crippen LogP contribution in [-0.4, -0.2) is 36.3 Å². The van der Waals surface area contributed by atoms with Crippen LogP contribution in [0.3, 0.4) is 0 Å². The van der Waals surface area contributed by atoms with Crippen molar-refractivity contribution >= 4 is 34.4 Å². The van der Waals surface area contributed by atoms with Crippen LogP contribution < -0.4 is 10.3 Å². The lowest BCUT2D eigenvalue weighted by atomic mass is 10.2. The normalized spacial score (nSPS) is 13.1. The topological polar surface area (TPSA) is 69.9 Å². The SMILES string of the molecule is CSc1ccccc1Cn1nc(-c2cnc(OCC(C)(F)I)nc2)ccc1=O. The molecule has 0 N–H and O–H groups in total. The van der Waals surface area contributed by atoms with Crippen molar-refractivity contribution < 1.29 is 9.13 Å². The number of ether oxygens (including phenoxy) is 1. The Bertz CT molecular complexity index is 1010. The molecule has 28 heavy (non-hydrogen) atoms. The van der Waals surface area contributed by atoms with Crippen molar-refractivity contribution in [1.29, 1.82) is 0 Å². The molecule has 146 valence electrons. The molecule has 0 aliphatic heterocycles. The van der Waals surface area contributed by atoms with Crippen LogP contribution in [0.25, 0.3) is 11.3 Å². The van der Waals surface area contributed by atoms with E-state index in [1.54, 1.807) is 40.4 Å². The Morgan fingerprint density at radius 3 is 2.61 bits per heavy atom. The number of benzene rings is 1. The fourth-order valence-corrected chi connectivity index (χ4v) is 3.19. The van der Waals surface area contributed by atoms with Crippen molar-refractivity contribution in [2.45, 2.75) is 22.0 Å². The van der Waals surface area contributed by atoms with Gasteiger partial charge in [-0.05, 0) is 53.5 Å². The van der Waals surface area contributed by atoms with Gasteiger partial charge >= 0.3 is 6.01 Å². The molecule has 2 heterocycles. The zero-order chi connectivity index (χ0) is 20.1. The first-order chi connectivity index (χ1) is 13.4. The third-order valence-corrected chi connectivity index (χ3v) is 4.91. The third-order valence-electron chi connectivity index (χ3n) is 3.76. The highest BCUT2D eigenvalue weighted by Gasteiger charge is 2.19. The zero-order valence-electron chi connectivity index (χ0n) is 15.3. The maximum atomic E-state index is 13.5. The summed E-state index contributed by atoms with van der Waals surface area (Å²) in [6.07, 6.45) is 5.08. The summed E-state index contributed by atoms with van der Waals surface area (Å²) in [5.74, 6) is 0. The van der Waals surface area contributed by atoms with Gasteiger partial charge in [-0.25, -0.2) is 19.0 Å². The average molecular weight is 512 g/mol. The molecule has 0 aliphatic rings. The molecule has 3 aromatic rings. The van der Waals surface area contributed by atoms with Gasteiger partial charge in [0.1, 0.15) is 6.61 Å². The molecule has 0 bridgehead atoms. The van der Waals surface area contributed by atoms with E-state index in [4.69, 9.17) is 4.74 Å². The van der Waals surface area contributed by atoms with Crippen molar-refractivity contribution in [2.24, 2.45) is 0 Å². The lowest BCUT2D eigenvalue weighted by Crippen LogP contribution is -2.23. The molecular formula is C19H18FIN4O2S. The van der Waals surface area contributed by atoms with Gasteiger partial charge in [-0.15, -0.1) is 11.8 Å². The molecule has 1 atom stereocenters. The molecule has 1 unspecified atom stereocenters. The summed E-state index contributed by atoms with van der Waals surface area (Å²) in [7, 11) is 0. The fraction of sp³-hybridized carbons (Fsp3) is 0.263. The van der Waals surface area contributed by atoms with Crippen LogP contribution in [0, 0.1) is 0 Å². The average Bonchev–Trinajstić information content (AvgIpc) is 2.68. The van der Waals surface area contributed by atoms with E-state index in [1.165, 1.54) is 30.1 Å². The number of hydrogen-bond donors (Lipinski definition) is 0. The maximum absolute atomic E-state index is 13.5. The van der Waals surface area contributed by atoms with E-state index in [0.717, 1.165) is 10.5 Å². The minimum atomic E-state index is -1.50. The van der Waals surface area contributed by atoms with Gasteiger partial charge in [0.25, 0.3) is 5.56 Å². The quantitative estimate of drug-likeness (QED) is 0.271. The van der Waals surface area contributed by atoms with E-state index < -0.39 is 3.68 Å². The predicted molar refractivity (Wildman–Crippen MR) is 116 cm³/mol. The van der Waals surface area contributed by atoms with Crippen molar-refractivity contribution in [1.82, 2.24) is 19.7 Å². The zero-order valence-corrected chi connectivity index (χ0v) is 18.3. The summed E-state index contributed by atoms with van der Waals surface area (Å²) in [6, 6.07) is 11.1. The highest BCUT2D eigenvalue weighted by atomic mass is 127. The van der Waals surface area contributed by atoms with E-state index in [2.05, 4.69) is 15.1 Å². The van der Waals surface area contributed by atoms with Gasteiger partial charge in [-0.3, -0.25) is 4.79 Å². The van der Waals surface area contributed by atoms with Crippen LogP contribution in [0.2, 0.25) is 0 Å². The van der Waals surface area contributed by atoms with E-state index in [0.29, 0.717) is 17.8 Å². The van der Waals surface area contributed by atoms with Gasteiger partial charge in [-0.2, -0.15) is 5.10 Å². The fourth-order valence-electron chi connectivity index (χ4n) is 2.43. The van der Waals surface area contributed by atoms with E-state index in [1.807, 2.05) is 30.5 Å². The number of hydrogen-bond acceptors (Lipinski definition) is 6. The molecule has 0 aliphatic carbocycles. The summed E-state index contributed by atoms with van der Waals surface area (Å²) in [5.41, 5.74) is 2.04. The minimum absolute atomic E-state index is 0.0894. The van der Waals surface area contributed by atoms with Crippen molar-refractivity contribution in [2.75, 3.05) is 12.9 Å².